The molecule has 0 saturated heterocycles. The fourth-order valence-corrected chi connectivity index (χ4v) is 2.84. The van der Waals surface area contributed by atoms with Gasteiger partial charge < -0.3 is 5.11 Å². The number of rotatable bonds is 5. The predicted octanol–water partition coefficient (Wildman–Crippen LogP) is 5.82. The third-order valence-electron chi connectivity index (χ3n) is 3.74. The van der Waals surface area contributed by atoms with Crippen molar-refractivity contribution in [2.24, 2.45) is 5.10 Å². The molecule has 0 aliphatic rings. The van der Waals surface area contributed by atoms with E-state index < -0.39 is 35.8 Å². The third-order valence-corrected chi connectivity index (χ3v) is 4.25. The number of hydrogen-bond acceptors (Lipinski definition) is 3. The van der Waals surface area contributed by atoms with E-state index in [-0.39, 0.29) is 39.4 Å². The number of nitrogens with one attached hydrogen (secondary N) is 1. The van der Waals surface area contributed by atoms with Gasteiger partial charge in [-0.1, -0.05) is 23.2 Å². The average molecular weight is 473 g/mol. The quantitative estimate of drug-likeness (QED) is 0.327. The van der Waals surface area contributed by atoms with E-state index in [0.29, 0.717) is 12.1 Å². The molecule has 0 aromatic heterocycles. The first-order valence-electron chi connectivity index (χ1n) is 8.05. The number of phenolic OH excluding ortho intramolecular Hbond substituents is 1. The molecule has 2 aromatic rings. The number of hydrazone groups is 1. The number of halogens is 8. The fraction of sp³-hybridized carbons (Fsp3) is 0.222. The van der Waals surface area contributed by atoms with Crippen molar-refractivity contribution in [3.8, 4) is 5.75 Å². The van der Waals surface area contributed by atoms with Crippen LogP contribution in [0.15, 0.2) is 35.4 Å². The van der Waals surface area contributed by atoms with Crippen LogP contribution in [-0.4, -0.2) is 17.2 Å². The van der Waals surface area contributed by atoms with E-state index in [1.165, 1.54) is 12.1 Å². The Balaban J connectivity index is 2.07. The molecule has 30 heavy (non-hydrogen) atoms. The molecule has 2 N–H and O–H groups in total. The minimum absolute atomic E-state index is 0.0104. The van der Waals surface area contributed by atoms with Crippen LogP contribution in [0.4, 0.5) is 26.3 Å². The monoisotopic (exact) mass is 472 g/mol. The van der Waals surface area contributed by atoms with E-state index in [1.54, 1.807) is 0 Å². The van der Waals surface area contributed by atoms with Crippen LogP contribution in [0.1, 0.15) is 28.7 Å². The van der Waals surface area contributed by atoms with Crippen LogP contribution in [0.5, 0.6) is 5.75 Å². The summed E-state index contributed by atoms with van der Waals surface area (Å²) < 4.78 is 77.1. The molecule has 2 aromatic carbocycles. The van der Waals surface area contributed by atoms with Gasteiger partial charge in [-0.2, -0.15) is 31.4 Å². The Hall–Kier alpha value is -2.46. The fourth-order valence-electron chi connectivity index (χ4n) is 2.34. The molecule has 4 nitrogen and oxygen atoms in total. The van der Waals surface area contributed by atoms with Crippen molar-refractivity contribution in [1.82, 2.24) is 5.43 Å². The van der Waals surface area contributed by atoms with Gasteiger partial charge in [0.05, 0.1) is 22.4 Å². The molecule has 2 rings (SSSR count). The Morgan fingerprint density at radius 1 is 1.00 bits per heavy atom. The summed E-state index contributed by atoms with van der Waals surface area (Å²) in [5, 5.41) is 13.4. The van der Waals surface area contributed by atoms with Crippen LogP contribution >= 0.6 is 23.2 Å². The van der Waals surface area contributed by atoms with E-state index in [9.17, 15) is 36.2 Å². The van der Waals surface area contributed by atoms with E-state index in [4.69, 9.17) is 23.2 Å². The molecule has 0 aliphatic heterocycles. The smallest absolute Gasteiger partial charge is 0.416 e. The number of amides is 1. The summed E-state index contributed by atoms with van der Waals surface area (Å²) in [5.41, 5.74) is -1.10. The first-order chi connectivity index (χ1) is 13.8. The minimum Gasteiger partial charge on any atom is -0.506 e. The lowest BCUT2D eigenvalue weighted by molar-refractivity contribution is -0.143. The van der Waals surface area contributed by atoms with Gasteiger partial charge in [-0.15, -0.1) is 0 Å². The van der Waals surface area contributed by atoms with Gasteiger partial charge in [-0.3, -0.25) is 4.79 Å². The van der Waals surface area contributed by atoms with E-state index in [1.807, 2.05) is 5.43 Å². The Morgan fingerprint density at radius 3 is 2.10 bits per heavy atom. The van der Waals surface area contributed by atoms with Crippen LogP contribution in [0.2, 0.25) is 10.0 Å². The Bertz CT molecular complexity index is 942. The molecule has 0 bridgehead atoms. The molecule has 12 heteroatoms. The van der Waals surface area contributed by atoms with Gasteiger partial charge in [0.1, 0.15) is 5.75 Å². The van der Waals surface area contributed by atoms with Gasteiger partial charge in [0.15, 0.2) is 0 Å². The zero-order chi connectivity index (χ0) is 22.7. The Labute approximate surface area is 176 Å². The maximum atomic E-state index is 12.8. The zero-order valence-corrected chi connectivity index (χ0v) is 16.2. The largest absolute Gasteiger partial charge is 0.506 e. The molecule has 1 amide bonds. The van der Waals surface area contributed by atoms with Crippen molar-refractivity contribution in [3.63, 3.8) is 0 Å². The molecular formula is C18H12Cl2F6N2O2. The lowest BCUT2D eigenvalue weighted by Crippen LogP contribution is -2.18. The van der Waals surface area contributed by atoms with Crippen molar-refractivity contribution >= 4 is 35.3 Å². The van der Waals surface area contributed by atoms with Crippen LogP contribution in [0.3, 0.4) is 0 Å². The van der Waals surface area contributed by atoms with Crippen molar-refractivity contribution in [3.05, 3.63) is 62.6 Å². The number of carbonyl (C=O) groups excluding carboxylic acids is 1. The molecule has 0 unspecified atom stereocenters. The maximum absolute atomic E-state index is 12.8. The number of phenols is 1. The molecule has 0 fully saturated rings. The summed E-state index contributed by atoms with van der Waals surface area (Å²) in [5.74, 6) is -1.12. The average Bonchev–Trinajstić information content (AvgIpc) is 2.62. The van der Waals surface area contributed by atoms with Gasteiger partial charge in [0, 0.05) is 17.0 Å². The van der Waals surface area contributed by atoms with Gasteiger partial charge in [-0.05, 0) is 42.3 Å². The molecule has 0 aliphatic carbocycles. The van der Waals surface area contributed by atoms with Crippen LogP contribution in [-0.2, 0) is 23.6 Å². The maximum Gasteiger partial charge on any atom is 0.416 e. The third kappa shape index (κ3) is 6.53. The summed E-state index contributed by atoms with van der Waals surface area (Å²) in [7, 11) is 0. The summed E-state index contributed by atoms with van der Waals surface area (Å²) in [6.45, 7) is 0. The summed E-state index contributed by atoms with van der Waals surface area (Å²) in [6, 6.07) is 3.70. The second kappa shape index (κ2) is 9.13. The van der Waals surface area contributed by atoms with Gasteiger partial charge in [0.2, 0.25) is 5.91 Å². The highest BCUT2D eigenvalue weighted by Crippen LogP contribution is 2.36. The summed E-state index contributed by atoms with van der Waals surface area (Å²) in [6.07, 6.45) is -9.73. The highest BCUT2D eigenvalue weighted by Gasteiger charge is 2.36. The minimum atomic E-state index is -4.97. The number of aromatic hydroxyl groups is 1. The van der Waals surface area contributed by atoms with Gasteiger partial charge in [0.25, 0.3) is 0 Å². The molecular weight excluding hydrogens is 461 g/mol. The SMILES string of the molecule is O=C(CCc1cc(C(F)(F)F)cc(C(F)(F)F)c1)N/N=C/c1cc(Cl)cc(Cl)c1O. The number of benzene rings is 2. The first kappa shape index (κ1) is 23.8. The predicted molar refractivity (Wildman–Crippen MR) is 98.6 cm³/mol. The lowest BCUT2D eigenvalue weighted by atomic mass is 10.0. The molecule has 0 heterocycles. The van der Waals surface area contributed by atoms with E-state index in [0.717, 1.165) is 6.21 Å². The number of alkyl halides is 6. The number of aryl methyl sites for hydroxylation is 1. The standard InChI is InChI=1S/C18H12Cl2F6N2O2/c19-13-5-10(16(30)14(20)7-13)8-27-28-15(29)2-1-9-3-11(17(21,22)23)6-12(4-9)18(24,25)26/h3-8,30H,1-2H2,(H,28,29)/b27-8+. The second-order valence-corrected chi connectivity index (χ2v) is 6.88. The van der Waals surface area contributed by atoms with Crippen molar-refractivity contribution in [2.75, 3.05) is 0 Å². The van der Waals surface area contributed by atoms with Crippen molar-refractivity contribution in [2.45, 2.75) is 25.2 Å². The molecule has 0 spiro atoms. The molecule has 162 valence electrons. The summed E-state index contributed by atoms with van der Waals surface area (Å²) >= 11 is 11.5. The van der Waals surface area contributed by atoms with Crippen LogP contribution in [0, 0.1) is 0 Å². The van der Waals surface area contributed by atoms with Crippen molar-refractivity contribution < 1.29 is 36.2 Å². The summed E-state index contributed by atoms with van der Waals surface area (Å²) in [4.78, 5) is 11.8. The Morgan fingerprint density at radius 2 is 1.57 bits per heavy atom. The molecule has 0 radical (unpaired) electrons. The molecule has 0 atom stereocenters. The highest BCUT2D eigenvalue weighted by atomic mass is 35.5. The van der Waals surface area contributed by atoms with E-state index in [2.05, 4.69) is 5.10 Å². The van der Waals surface area contributed by atoms with E-state index >= 15 is 0 Å². The lowest BCUT2D eigenvalue weighted by Gasteiger charge is -2.14. The van der Waals surface area contributed by atoms with Crippen molar-refractivity contribution in [1.29, 1.82) is 0 Å². The Kier molecular flexibility index (Phi) is 7.25. The second-order valence-electron chi connectivity index (χ2n) is 6.03. The topological polar surface area (TPSA) is 61.7 Å². The first-order valence-corrected chi connectivity index (χ1v) is 8.81. The molecule has 0 saturated carbocycles. The van der Waals surface area contributed by atoms with Gasteiger partial charge in [-0.25, -0.2) is 5.43 Å². The number of nitrogens with zero attached hydrogens (tertiary/aromatic N) is 1. The van der Waals surface area contributed by atoms with Crippen LogP contribution in [0.25, 0.3) is 0 Å². The zero-order valence-electron chi connectivity index (χ0n) is 14.7. The normalized spacial score (nSPS) is 12.4. The number of carbonyl (C=O) groups is 1. The van der Waals surface area contributed by atoms with Crippen LogP contribution < -0.4 is 5.43 Å². The van der Waals surface area contributed by atoms with Gasteiger partial charge >= 0.3 is 12.4 Å². The number of hydrogen-bond donors (Lipinski definition) is 2. The highest BCUT2D eigenvalue weighted by molar-refractivity contribution is 6.36.